The Labute approximate surface area is 95.6 Å². The van der Waals surface area contributed by atoms with Gasteiger partial charge in [-0.1, -0.05) is 40.5 Å². The van der Waals surface area contributed by atoms with E-state index in [1.165, 1.54) is 32.1 Å². The van der Waals surface area contributed by atoms with Gasteiger partial charge in [0.25, 0.3) is 0 Å². The molecule has 1 fully saturated rings. The molecule has 1 saturated heterocycles. The van der Waals surface area contributed by atoms with Crippen molar-refractivity contribution < 1.29 is 4.74 Å². The van der Waals surface area contributed by atoms with Gasteiger partial charge in [0.05, 0.1) is 6.10 Å². The molecule has 1 nitrogen and oxygen atoms in total. The molecule has 0 saturated carbocycles. The van der Waals surface area contributed by atoms with E-state index >= 15 is 0 Å². The highest BCUT2D eigenvalue weighted by atomic mass is 16.5. The van der Waals surface area contributed by atoms with Crippen LogP contribution in [-0.4, -0.2) is 12.7 Å². The van der Waals surface area contributed by atoms with Crippen LogP contribution in [0.5, 0.6) is 0 Å². The van der Waals surface area contributed by atoms with Crippen molar-refractivity contribution in [2.24, 2.45) is 17.8 Å². The molecule has 15 heavy (non-hydrogen) atoms. The monoisotopic (exact) mass is 212 g/mol. The Morgan fingerprint density at radius 3 is 2.53 bits per heavy atom. The van der Waals surface area contributed by atoms with Crippen LogP contribution in [0.1, 0.15) is 59.8 Å². The lowest BCUT2D eigenvalue weighted by Gasteiger charge is -2.29. The summed E-state index contributed by atoms with van der Waals surface area (Å²) in [7, 11) is 0. The highest BCUT2D eigenvalue weighted by Crippen LogP contribution is 2.26. The molecule has 0 aromatic heterocycles. The molecule has 0 N–H and O–H groups in total. The SMILES string of the molecule is CC(C)CCC(C)CC1CC(C)CCO1. The Hall–Kier alpha value is -0.0400. The summed E-state index contributed by atoms with van der Waals surface area (Å²) in [6.45, 7) is 10.3. The van der Waals surface area contributed by atoms with Gasteiger partial charge in [-0.15, -0.1) is 0 Å². The third kappa shape index (κ3) is 5.55. The lowest BCUT2D eigenvalue weighted by molar-refractivity contribution is -0.0175. The zero-order valence-electron chi connectivity index (χ0n) is 11.0. The van der Waals surface area contributed by atoms with Crippen LogP contribution in [0.3, 0.4) is 0 Å². The standard InChI is InChI=1S/C14H28O/c1-11(2)5-6-12(3)9-14-10-13(4)7-8-15-14/h11-14H,5-10H2,1-4H3. The van der Waals surface area contributed by atoms with E-state index in [1.54, 1.807) is 0 Å². The van der Waals surface area contributed by atoms with E-state index in [4.69, 9.17) is 4.74 Å². The lowest BCUT2D eigenvalue weighted by Crippen LogP contribution is -2.26. The highest BCUT2D eigenvalue weighted by Gasteiger charge is 2.21. The van der Waals surface area contributed by atoms with Gasteiger partial charge < -0.3 is 4.74 Å². The van der Waals surface area contributed by atoms with Crippen molar-refractivity contribution in [3.63, 3.8) is 0 Å². The fourth-order valence-electron chi connectivity index (χ4n) is 2.42. The van der Waals surface area contributed by atoms with Crippen molar-refractivity contribution in [1.29, 1.82) is 0 Å². The summed E-state index contributed by atoms with van der Waals surface area (Å²) in [5.41, 5.74) is 0. The Bertz CT molecular complexity index is 165. The van der Waals surface area contributed by atoms with Gasteiger partial charge in [-0.05, 0) is 37.0 Å². The fraction of sp³-hybridized carbons (Fsp3) is 1.00. The second-order valence-corrected chi connectivity index (χ2v) is 5.93. The summed E-state index contributed by atoms with van der Waals surface area (Å²) < 4.78 is 5.83. The first-order valence-electron chi connectivity index (χ1n) is 6.69. The first kappa shape index (κ1) is 13.0. The Morgan fingerprint density at radius 2 is 1.93 bits per heavy atom. The fourth-order valence-corrected chi connectivity index (χ4v) is 2.42. The van der Waals surface area contributed by atoms with E-state index in [0.717, 1.165) is 24.4 Å². The van der Waals surface area contributed by atoms with Crippen molar-refractivity contribution in [2.45, 2.75) is 65.9 Å². The van der Waals surface area contributed by atoms with Crippen molar-refractivity contribution in [2.75, 3.05) is 6.61 Å². The van der Waals surface area contributed by atoms with Crippen LogP contribution >= 0.6 is 0 Å². The molecule has 0 aromatic carbocycles. The molecule has 1 aliphatic heterocycles. The summed E-state index contributed by atoms with van der Waals surface area (Å²) >= 11 is 0. The van der Waals surface area contributed by atoms with E-state index in [9.17, 15) is 0 Å². The summed E-state index contributed by atoms with van der Waals surface area (Å²) in [6.07, 6.45) is 7.10. The van der Waals surface area contributed by atoms with Crippen LogP contribution in [0.2, 0.25) is 0 Å². The van der Waals surface area contributed by atoms with Crippen LogP contribution < -0.4 is 0 Å². The van der Waals surface area contributed by atoms with Gasteiger partial charge in [0.2, 0.25) is 0 Å². The van der Waals surface area contributed by atoms with Crippen LogP contribution in [0, 0.1) is 17.8 Å². The van der Waals surface area contributed by atoms with Crippen molar-refractivity contribution >= 4 is 0 Å². The molecule has 0 aliphatic carbocycles. The molecule has 1 heteroatoms. The van der Waals surface area contributed by atoms with E-state index in [-0.39, 0.29) is 0 Å². The van der Waals surface area contributed by atoms with Crippen LogP contribution in [0.25, 0.3) is 0 Å². The normalized spacial score (nSPS) is 29.4. The van der Waals surface area contributed by atoms with Crippen molar-refractivity contribution in [3.8, 4) is 0 Å². The van der Waals surface area contributed by atoms with Crippen LogP contribution in [0.4, 0.5) is 0 Å². The Balaban J connectivity index is 2.16. The molecule has 0 spiro atoms. The first-order chi connectivity index (χ1) is 7.08. The van der Waals surface area contributed by atoms with Gasteiger partial charge in [0, 0.05) is 6.61 Å². The van der Waals surface area contributed by atoms with Gasteiger partial charge >= 0.3 is 0 Å². The summed E-state index contributed by atoms with van der Waals surface area (Å²) in [6, 6.07) is 0. The molecule has 90 valence electrons. The molecule has 1 aliphatic rings. The molecule has 1 heterocycles. The average molecular weight is 212 g/mol. The van der Waals surface area contributed by atoms with Crippen molar-refractivity contribution in [3.05, 3.63) is 0 Å². The lowest BCUT2D eigenvalue weighted by atomic mass is 9.89. The minimum Gasteiger partial charge on any atom is -0.378 e. The Morgan fingerprint density at radius 1 is 1.20 bits per heavy atom. The van der Waals surface area contributed by atoms with Gasteiger partial charge in [0.1, 0.15) is 0 Å². The molecule has 3 atom stereocenters. The third-order valence-corrected chi connectivity index (χ3v) is 3.53. The molecular weight excluding hydrogens is 184 g/mol. The maximum absolute atomic E-state index is 5.83. The zero-order chi connectivity index (χ0) is 11.3. The van der Waals surface area contributed by atoms with Gasteiger partial charge in [-0.25, -0.2) is 0 Å². The summed E-state index contributed by atoms with van der Waals surface area (Å²) in [5, 5.41) is 0. The number of rotatable bonds is 5. The maximum Gasteiger partial charge on any atom is 0.0580 e. The zero-order valence-corrected chi connectivity index (χ0v) is 11.0. The molecule has 0 aromatic rings. The van der Waals surface area contributed by atoms with E-state index < -0.39 is 0 Å². The number of hydrogen-bond donors (Lipinski definition) is 0. The quantitative estimate of drug-likeness (QED) is 0.661. The van der Waals surface area contributed by atoms with E-state index in [0.29, 0.717) is 6.10 Å². The number of ether oxygens (including phenoxy) is 1. The van der Waals surface area contributed by atoms with Gasteiger partial charge in [-0.2, -0.15) is 0 Å². The summed E-state index contributed by atoms with van der Waals surface area (Å²) in [4.78, 5) is 0. The predicted molar refractivity (Wildman–Crippen MR) is 66.0 cm³/mol. The average Bonchev–Trinajstić information content (AvgIpc) is 2.15. The van der Waals surface area contributed by atoms with Crippen molar-refractivity contribution in [1.82, 2.24) is 0 Å². The largest absolute Gasteiger partial charge is 0.378 e. The van der Waals surface area contributed by atoms with Crippen LogP contribution in [0.15, 0.2) is 0 Å². The smallest absolute Gasteiger partial charge is 0.0580 e. The molecule has 0 bridgehead atoms. The number of hydrogen-bond acceptors (Lipinski definition) is 1. The predicted octanol–water partition coefficient (Wildman–Crippen LogP) is 4.26. The molecule has 3 unspecified atom stereocenters. The molecule has 0 amide bonds. The summed E-state index contributed by atoms with van der Waals surface area (Å²) in [5.74, 6) is 2.56. The minimum absolute atomic E-state index is 0.552. The van der Waals surface area contributed by atoms with Gasteiger partial charge in [-0.3, -0.25) is 0 Å². The van der Waals surface area contributed by atoms with E-state index in [1.807, 2.05) is 0 Å². The van der Waals surface area contributed by atoms with E-state index in [2.05, 4.69) is 27.7 Å². The van der Waals surface area contributed by atoms with Gasteiger partial charge in [0.15, 0.2) is 0 Å². The highest BCUT2D eigenvalue weighted by molar-refractivity contribution is 4.71. The topological polar surface area (TPSA) is 9.23 Å². The first-order valence-corrected chi connectivity index (χ1v) is 6.69. The molecule has 1 rings (SSSR count). The van der Waals surface area contributed by atoms with Crippen LogP contribution in [-0.2, 0) is 4.74 Å². The second kappa shape index (κ2) is 6.52. The maximum atomic E-state index is 5.83. The minimum atomic E-state index is 0.552. The third-order valence-electron chi connectivity index (χ3n) is 3.53. The molecule has 0 radical (unpaired) electrons. The second-order valence-electron chi connectivity index (χ2n) is 5.93. The Kier molecular flexibility index (Phi) is 5.66. The molecular formula is C14H28O.